The molecule has 0 aliphatic carbocycles. The van der Waals surface area contributed by atoms with Crippen LogP contribution in [0.1, 0.15) is 70.0 Å². The summed E-state index contributed by atoms with van der Waals surface area (Å²) >= 11 is 11.9. The molecule has 1 atom stereocenters. The molecule has 0 aliphatic rings. The van der Waals surface area contributed by atoms with Crippen molar-refractivity contribution in [3.05, 3.63) is 33.8 Å². The second-order valence-corrected chi connectivity index (χ2v) is 5.94. The van der Waals surface area contributed by atoms with Gasteiger partial charge in [0.2, 0.25) is 0 Å². The van der Waals surface area contributed by atoms with Crippen molar-refractivity contribution in [1.29, 1.82) is 0 Å². The first kappa shape index (κ1) is 16.8. The minimum Gasteiger partial charge on any atom is -0.388 e. The van der Waals surface area contributed by atoms with Gasteiger partial charge in [-0.2, -0.15) is 0 Å². The molecule has 0 fully saturated rings. The van der Waals surface area contributed by atoms with Crippen LogP contribution >= 0.6 is 23.2 Å². The van der Waals surface area contributed by atoms with Gasteiger partial charge in [-0.15, -0.1) is 0 Å². The Balaban J connectivity index is 2.22. The quantitative estimate of drug-likeness (QED) is 0.541. The van der Waals surface area contributed by atoms with Gasteiger partial charge in [0, 0.05) is 10.0 Å². The summed E-state index contributed by atoms with van der Waals surface area (Å²) in [6.45, 7) is 2.23. The molecule has 1 aromatic carbocycles. The lowest BCUT2D eigenvalue weighted by Gasteiger charge is -2.12. The van der Waals surface area contributed by atoms with Crippen LogP contribution in [0, 0.1) is 0 Å². The van der Waals surface area contributed by atoms with Gasteiger partial charge in [-0.05, 0) is 24.1 Å². The Kier molecular flexibility index (Phi) is 8.52. The van der Waals surface area contributed by atoms with Gasteiger partial charge in [0.05, 0.1) is 6.10 Å². The number of unbranched alkanes of at least 4 members (excludes halogenated alkanes) is 6. The van der Waals surface area contributed by atoms with E-state index in [0.29, 0.717) is 10.0 Å². The third kappa shape index (κ3) is 6.65. The molecule has 0 aromatic heterocycles. The van der Waals surface area contributed by atoms with E-state index >= 15 is 0 Å². The fourth-order valence-corrected chi connectivity index (χ4v) is 2.76. The molecule has 0 radical (unpaired) electrons. The molecule has 0 saturated heterocycles. The predicted octanol–water partition coefficient (Wildman–Crippen LogP) is 6.17. The Morgan fingerprint density at radius 3 is 2.26 bits per heavy atom. The van der Waals surface area contributed by atoms with Crippen LogP contribution < -0.4 is 0 Å². The summed E-state index contributed by atoms with van der Waals surface area (Å²) in [5, 5.41) is 11.3. The smallest absolute Gasteiger partial charge is 0.0804 e. The Labute approximate surface area is 126 Å². The van der Waals surface area contributed by atoms with Crippen LogP contribution in [0.15, 0.2) is 18.2 Å². The third-order valence-corrected chi connectivity index (χ3v) is 3.97. The molecule has 0 bridgehead atoms. The SMILES string of the molecule is CCCCCCCCCC(O)c1ccc(Cl)cc1Cl. The Hall–Kier alpha value is -0.240. The number of aliphatic hydroxyl groups is 1. The van der Waals surface area contributed by atoms with Crippen molar-refractivity contribution in [2.75, 3.05) is 0 Å². The van der Waals surface area contributed by atoms with Crippen molar-refractivity contribution in [2.45, 2.75) is 64.4 Å². The van der Waals surface area contributed by atoms with Crippen LogP contribution in [-0.4, -0.2) is 5.11 Å². The average molecular weight is 303 g/mol. The maximum Gasteiger partial charge on any atom is 0.0804 e. The van der Waals surface area contributed by atoms with E-state index in [0.717, 1.165) is 18.4 Å². The van der Waals surface area contributed by atoms with Crippen LogP contribution in [-0.2, 0) is 0 Å². The van der Waals surface area contributed by atoms with Crippen LogP contribution in [0.5, 0.6) is 0 Å². The fourth-order valence-electron chi connectivity index (χ4n) is 2.22. The van der Waals surface area contributed by atoms with Crippen molar-refractivity contribution < 1.29 is 5.11 Å². The molecule has 0 amide bonds. The normalized spacial score (nSPS) is 12.6. The highest BCUT2D eigenvalue weighted by molar-refractivity contribution is 6.35. The predicted molar refractivity (Wildman–Crippen MR) is 84.0 cm³/mol. The van der Waals surface area contributed by atoms with Crippen molar-refractivity contribution >= 4 is 23.2 Å². The van der Waals surface area contributed by atoms with Crippen molar-refractivity contribution in [3.8, 4) is 0 Å². The maximum atomic E-state index is 10.1. The summed E-state index contributed by atoms with van der Waals surface area (Å²) in [6, 6.07) is 5.28. The van der Waals surface area contributed by atoms with Crippen LogP contribution in [0.2, 0.25) is 10.0 Å². The molecular weight excluding hydrogens is 279 g/mol. The first-order valence-corrected chi connectivity index (χ1v) is 8.03. The highest BCUT2D eigenvalue weighted by Crippen LogP contribution is 2.29. The summed E-state index contributed by atoms with van der Waals surface area (Å²) in [6.07, 6.45) is 9.07. The third-order valence-electron chi connectivity index (χ3n) is 3.40. The lowest BCUT2D eigenvalue weighted by Crippen LogP contribution is -1.98. The zero-order valence-corrected chi connectivity index (χ0v) is 13.2. The summed E-state index contributed by atoms with van der Waals surface area (Å²) in [5.41, 5.74) is 0.789. The van der Waals surface area contributed by atoms with Gasteiger partial charge in [-0.3, -0.25) is 0 Å². The number of hydrogen-bond acceptors (Lipinski definition) is 1. The highest BCUT2D eigenvalue weighted by Gasteiger charge is 2.11. The summed E-state index contributed by atoms with van der Waals surface area (Å²) in [4.78, 5) is 0. The van der Waals surface area contributed by atoms with E-state index in [1.54, 1.807) is 12.1 Å². The standard InChI is InChI=1S/C16H24Cl2O/c1-2-3-4-5-6-7-8-9-16(19)14-11-10-13(17)12-15(14)18/h10-12,16,19H,2-9H2,1H3. The number of rotatable bonds is 9. The van der Waals surface area contributed by atoms with Gasteiger partial charge in [-0.1, -0.05) is 81.1 Å². The van der Waals surface area contributed by atoms with E-state index in [-0.39, 0.29) is 0 Å². The molecule has 0 saturated carbocycles. The van der Waals surface area contributed by atoms with E-state index in [1.807, 2.05) is 6.07 Å². The molecule has 19 heavy (non-hydrogen) atoms. The Bertz CT molecular complexity index is 366. The number of hydrogen-bond donors (Lipinski definition) is 1. The van der Waals surface area contributed by atoms with Gasteiger partial charge in [0.25, 0.3) is 0 Å². The molecule has 0 spiro atoms. The summed E-state index contributed by atoms with van der Waals surface area (Å²) in [5.74, 6) is 0. The van der Waals surface area contributed by atoms with E-state index < -0.39 is 6.10 Å². The second-order valence-electron chi connectivity index (χ2n) is 5.09. The van der Waals surface area contributed by atoms with Gasteiger partial charge in [0.1, 0.15) is 0 Å². The highest BCUT2D eigenvalue weighted by atomic mass is 35.5. The molecule has 3 heteroatoms. The lowest BCUT2D eigenvalue weighted by molar-refractivity contribution is 0.163. The number of aliphatic hydroxyl groups excluding tert-OH is 1. The minimum atomic E-state index is -0.472. The van der Waals surface area contributed by atoms with E-state index in [4.69, 9.17) is 23.2 Å². The molecule has 1 N–H and O–H groups in total. The van der Waals surface area contributed by atoms with Crippen molar-refractivity contribution in [1.82, 2.24) is 0 Å². The monoisotopic (exact) mass is 302 g/mol. The molecule has 1 aromatic rings. The fraction of sp³-hybridized carbons (Fsp3) is 0.625. The molecule has 1 nitrogen and oxygen atoms in total. The van der Waals surface area contributed by atoms with Crippen molar-refractivity contribution in [2.24, 2.45) is 0 Å². The van der Waals surface area contributed by atoms with Gasteiger partial charge in [-0.25, -0.2) is 0 Å². The first-order valence-electron chi connectivity index (χ1n) is 7.28. The minimum absolute atomic E-state index is 0.472. The van der Waals surface area contributed by atoms with Crippen molar-refractivity contribution in [3.63, 3.8) is 0 Å². The Morgan fingerprint density at radius 2 is 1.63 bits per heavy atom. The van der Waals surface area contributed by atoms with Crippen LogP contribution in [0.4, 0.5) is 0 Å². The van der Waals surface area contributed by atoms with Gasteiger partial charge < -0.3 is 5.11 Å². The first-order chi connectivity index (χ1) is 9.15. The zero-order valence-electron chi connectivity index (χ0n) is 11.7. The van der Waals surface area contributed by atoms with E-state index in [1.165, 1.54) is 38.5 Å². The second kappa shape index (κ2) is 9.63. The number of benzene rings is 1. The molecule has 1 rings (SSSR count). The maximum absolute atomic E-state index is 10.1. The topological polar surface area (TPSA) is 20.2 Å². The summed E-state index contributed by atoms with van der Waals surface area (Å²) < 4.78 is 0. The number of halogens is 2. The van der Waals surface area contributed by atoms with E-state index in [9.17, 15) is 5.11 Å². The van der Waals surface area contributed by atoms with Crippen LogP contribution in [0.25, 0.3) is 0 Å². The molecule has 0 aliphatic heterocycles. The molecule has 108 valence electrons. The van der Waals surface area contributed by atoms with Gasteiger partial charge >= 0.3 is 0 Å². The van der Waals surface area contributed by atoms with Crippen LogP contribution in [0.3, 0.4) is 0 Å². The summed E-state index contributed by atoms with van der Waals surface area (Å²) in [7, 11) is 0. The lowest BCUT2D eigenvalue weighted by atomic mass is 10.0. The van der Waals surface area contributed by atoms with E-state index in [2.05, 4.69) is 6.92 Å². The zero-order chi connectivity index (χ0) is 14.1. The average Bonchev–Trinajstić information content (AvgIpc) is 2.37. The van der Waals surface area contributed by atoms with Gasteiger partial charge in [0.15, 0.2) is 0 Å². The largest absolute Gasteiger partial charge is 0.388 e. The molecule has 0 heterocycles. The Morgan fingerprint density at radius 1 is 1.00 bits per heavy atom. The molecular formula is C16H24Cl2O. The molecule has 1 unspecified atom stereocenters.